The average Bonchev–Trinajstić information content (AvgIpc) is 2.46. The summed E-state index contributed by atoms with van der Waals surface area (Å²) in [5.74, 6) is 0.0741. The summed E-state index contributed by atoms with van der Waals surface area (Å²) in [4.78, 5) is 11.1. The van der Waals surface area contributed by atoms with Crippen molar-refractivity contribution in [3.63, 3.8) is 0 Å². The third kappa shape index (κ3) is 3.71. The number of anilines is 1. The number of carbonyl (C=O) groups excluding carboxylic acids is 1. The van der Waals surface area contributed by atoms with Crippen LogP contribution in [0.4, 0.5) is 5.69 Å². The standard InChI is InChI=1S/C15H21NO5S/c1-11-6-7-14-13(9-11)16(10-12(2)21-14)22(18,19)8-4-5-15(17)20-3/h6-7,9,12H,4-5,8,10H2,1-3H3/t12-/m0/s1. The molecule has 1 atom stereocenters. The van der Waals surface area contributed by atoms with Gasteiger partial charge in [-0.05, 0) is 38.0 Å². The van der Waals surface area contributed by atoms with Gasteiger partial charge < -0.3 is 9.47 Å². The van der Waals surface area contributed by atoms with Crippen molar-refractivity contribution in [2.75, 3.05) is 23.7 Å². The van der Waals surface area contributed by atoms with Gasteiger partial charge in [0.15, 0.2) is 0 Å². The fourth-order valence-corrected chi connectivity index (χ4v) is 3.99. The molecule has 0 radical (unpaired) electrons. The number of nitrogens with zero attached hydrogens (tertiary/aromatic N) is 1. The first-order chi connectivity index (χ1) is 10.3. The smallest absolute Gasteiger partial charge is 0.305 e. The number of fused-ring (bicyclic) bond motifs is 1. The third-order valence-corrected chi connectivity index (χ3v) is 5.30. The lowest BCUT2D eigenvalue weighted by molar-refractivity contribution is -0.140. The van der Waals surface area contributed by atoms with E-state index in [0.717, 1.165) is 5.56 Å². The summed E-state index contributed by atoms with van der Waals surface area (Å²) in [5, 5.41) is 0. The number of rotatable bonds is 5. The van der Waals surface area contributed by atoms with Gasteiger partial charge >= 0.3 is 5.97 Å². The summed E-state index contributed by atoms with van der Waals surface area (Å²) in [5.41, 5.74) is 1.53. The summed E-state index contributed by atoms with van der Waals surface area (Å²) in [6, 6.07) is 5.48. The van der Waals surface area contributed by atoms with Gasteiger partial charge in [0.25, 0.3) is 0 Å². The molecule has 0 aromatic heterocycles. The molecule has 0 unspecified atom stereocenters. The van der Waals surface area contributed by atoms with E-state index in [9.17, 15) is 13.2 Å². The molecule has 0 spiro atoms. The van der Waals surface area contributed by atoms with Gasteiger partial charge in [0.05, 0.1) is 25.1 Å². The monoisotopic (exact) mass is 327 g/mol. The maximum atomic E-state index is 12.6. The van der Waals surface area contributed by atoms with Crippen LogP contribution in [0.15, 0.2) is 18.2 Å². The number of benzene rings is 1. The minimum absolute atomic E-state index is 0.0935. The van der Waals surface area contributed by atoms with Crippen LogP contribution in [0.3, 0.4) is 0 Å². The van der Waals surface area contributed by atoms with Crippen molar-refractivity contribution in [2.24, 2.45) is 0 Å². The van der Waals surface area contributed by atoms with Crippen molar-refractivity contribution >= 4 is 21.7 Å². The Kier molecular flexibility index (Phi) is 4.95. The molecule has 0 N–H and O–H groups in total. The lowest BCUT2D eigenvalue weighted by Crippen LogP contribution is -2.43. The number of carbonyl (C=O) groups is 1. The molecule has 2 rings (SSSR count). The quantitative estimate of drug-likeness (QED) is 0.772. The first kappa shape index (κ1) is 16.6. The van der Waals surface area contributed by atoms with Gasteiger partial charge in [0, 0.05) is 6.42 Å². The van der Waals surface area contributed by atoms with Crippen LogP contribution in [0.5, 0.6) is 5.75 Å². The van der Waals surface area contributed by atoms with E-state index in [0.29, 0.717) is 11.4 Å². The van der Waals surface area contributed by atoms with E-state index in [1.807, 2.05) is 19.9 Å². The Morgan fingerprint density at radius 3 is 2.86 bits per heavy atom. The maximum absolute atomic E-state index is 12.6. The minimum atomic E-state index is -3.50. The van der Waals surface area contributed by atoms with E-state index in [4.69, 9.17) is 4.74 Å². The Bertz CT molecular complexity index is 656. The Morgan fingerprint density at radius 1 is 1.45 bits per heavy atom. The maximum Gasteiger partial charge on any atom is 0.305 e. The van der Waals surface area contributed by atoms with Gasteiger partial charge in [-0.15, -0.1) is 0 Å². The molecule has 0 saturated heterocycles. The Labute approximate surface area is 131 Å². The van der Waals surface area contributed by atoms with Crippen molar-refractivity contribution in [3.8, 4) is 5.75 Å². The van der Waals surface area contributed by atoms with Crippen molar-refractivity contribution in [1.82, 2.24) is 0 Å². The fraction of sp³-hybridized carbons (Fsp3) is 0.533. The molecule has 0 aliphatic carbocycles. The summed E-state index contributed by atoms with van der Waals surface area (Å²) in [6.07, 6.45) is 0.114. The second kappa shape index (κ2) is 6.56. The summed E-state index contributed by atoms with van der Waals surface area (Å²) >= 11 is 0. The highest BCUT2D eigenvalue weighted by molar-refractivity contribution is 7.92. The first-order valence-electron chi connectivity index (χ1n) is 7.18. The highest BCUT2D eigenvalue weighted by atomic mass is 32.2. The molecule has 0 bridgehead atoms. The van der Waals surface area contributed by atoms with Crippen molar-refractivity contribution in [1.29, 1.82) is 0 Å². The van der Waals surface area contributed by atoms with E-state index in [2.05, 4.69) is 4.74 Å². The predicted octanol–water partition coefficient (Wildman–Crippen LogP) is 1.87. The van der Waals surface area contributed by atoms with Crippen molar-refractivity contribution in [3.05, 3.63) is 23.8 Å². The van der Waals surface area contributed by atoms with Crippen LogP contribution >= 0.6 is 0 Å². The number of methoxy groups -OCH3 is 1. The number of hydrogen-bond donors (Lipinski definition) is 0. The minimum Gasteiger partial charge on any atom is -0.487 e. The molecule has 122 valence electrons. The molecule has 1 aliphatic rings. The van der Waals surface area contributed by atoms with Gasteiger partial charge in [-0.2, -0.15) is 0 Å². The molecule has 1 heterocycles. The van der Waals surface area contributed by atoms with E-state index < -0.39 is 16.0 Å². The van der Waals surface area contributed by atoms with Gasteiger partial charge in [-0.25, -0.2) is 8.42 Å². The number of hydrogen-bond acceptors (Lipinski definition) is 5. The summed E-state index contributed by atoms with van der Waals surface area (Å²) in [6.45, 7) is 4.01. The highest BCUT2D eigenvalue weighted by Crippen LogP contribution is 2.36. The molecule has 22 heavy (non-hydrogen) atoms. The summed E-state index contributed by atoms with van der Waals surface area (Å²) < 4.78 is 36.8. The SMILES string of the molecule is COC(=O)CCCS(=O)(=O)N1C[C@H](C)Oc2ccc(C)cc21. The first-order valence-corrected chi connectivity index (χ1v) is 8.79. The number of ether oxygens (including phenoxy) is 2. The molecule has 1 aromatic rings. The van der Waals surface area contributed by atoms with E-state index in [-0.39, 0.29) is 31.2 Å². The van der Waals surface area contributed by atoms with Crippen molar-refractivity contribution in [2.45, 2.75) is 32.8 Å². The van der Waals surface area contributed by atoms with Gasteiger partial charge in [-0.1, -0.05) is 6.07 Å². The van der Waals surface area contributed by atoms with Crippen LogP contribution in [-0.2, 0) is 19.6 Å². The molecule has 7 heteroatoms. The Morgan fingerprint density at radius 2 is 2.18 bits per heavy atom. The van der Waals surface area contributed by atoms with Crippen molar-refractivity contribution < 1.29 is 22.7 Å². The largest absolute Gasteiger partial charge is 0.487 e. The second-order valence-corrected chi connectivity index (χ2v) is 7.44. The van der Waals surface area contributed by atoms with Crippen LogP contribution in [0, 0.1) is 6.92 Å². The molecule has 0 amide bonds. The Balaban J connectivity index is 2.20. The average molecular weight is 327 g/mol. The third-order valence-electron chi connectivity index (χ3n) is 3.48. The molecule has 1 aliphatic heterocycles. The van der Waals surface area contributed by atoms with Crippen LogP contribution < -0.4 is 9.04 Å². The van der Waals surface area contributed by atoms with Crippen LogP contribution in [0.2, 0.25) is 0 Å². The number of esters is 1. The normalized spacial score (nSPS) is 17.6. The van der Waals surface area contributed by atoms with E-state index in [1.54, 1.807) is 12.1 Å². The summed E-state index contributed by atoms with van der Waals surface area (Å²) in [7, 11) is -2.21. The zero-order chi connectivity index (χ0) is 16.3. The van der Waals surface area contributed by atoms with Crippen LogP contribution in [0.25, 0.3) is 0 Å². The molecule has 0 saturated carbocycles. The lowest BCUT2D eigenvalue weighted by Gasteiger charge is -2.34. The topological polar surface area (TPSA) is 72.9 Å². The predicted molar refractivity (Wildman–Crippen MR) is 83.7 cm³/mol. The highest BCUT2D eigenvalue weighted by Gasteiger charge is 2.31. The Hall–Kier alpha value is -1.76. The lowest BCUT2D eigenvalue weighted by atomic mass is 10.2. The van der Waals surface area contributed by atoms with Gasteiger partial charge in [0.1, 0.15) is 11.9 Å². The zero-order valence-corrected chi connectivity index (χ0v) is 13.9. The zero-order valence-electron chi connectivity index (χ0n) is 13.0. The molecular formula is C15H21NO5S. The second-order valence-electron chi connectivity index (χ2n) is 5.43. The molecule has 6 nitrogen and oxygen atoms in total. The number of aryl methyl sites for hydroxylation is 1. The molecule has 1 aromatic carbocycles. The van der Waals surface area contributed by atoms with Gasteiger partial charge in [-0.3, -0.25) is 9.10 Å². The van der Waals surface area contributed by atoms with Gasteiger partial charge in [0.2, 0.25) is 10.0 Å². The van der Waals surface area contributed by atoms with E-state index in [1.165, 1.54) is 11.4 Å². The fourth-order valence-electron chi connectivity index (χ4n) is 2.38. The van der Waals surface area contributed by atoms with E-state index >= 15 is 0 Å². The van der Waals surface area contributed by atoms with Crippen LogP contribution in [-0.4, -0.2) is 39.9 Å². The van der Waals surface area contributed by atoms with Crippen LogP contribution in [0.1, 0.15) is 25.3 Å². The number of sulfonamides is 1. The molecular weight excluding hydrogens is 306 g/mol. The molecule has 0 fully saturated rings.